The Hall–Kier alpha value is -5.23. The Bertz CT molecular complexity index is 2080. The van der Waals surface area contributed by atoms with Crippen LogP contribution in [0.15, 0.2) is 72.9 Å². The summed E-state index contributed by atoms with van der Waals surface area (Å²) in [5.41, 5.74) is 5.65. The zero-order valence-corrected chi connectivity index (χ0v) is 24.6. The van der Waals surface area contributed by atoms with E-state index >= 15 is 0 Å². The minimum absolute atomic E-state index is 0.0946. The number of nitro groups is 1. The first-order chi connectivity index (χ1) is 21.2. The number of aromatic nitrogens is 5. The highest BCUT2D eigenvalue weighted by atomic mass is 32.1. The molecule has 44 heavy (non-hydrogen) atoms. The predicted octanol–water partition coefficient (Wildman–Crippen LogP) is 6.86. The zero-order chi connectivity index (χ0) is 30.5. The van der Waals surface area contributed by atoms with Gasteiger partial charge < -0.3 is 5.32 Å². The molecule has 0 unspecified atom stereocenters. The first-order valence-electron chi connectivity index (χ1n) is 14.1. The molecule has 1 N–H and O–H groups in total. The van der Waals surface area contributed by atoms with E-state index in [4.69, 9.17) is 0 Å². The highest BCUT2D eigenvalue weighted by Gasteiger charge is 2.31. The lowest BCUT2D eigenvalue weighted by atomic mass is 10.1. The average Bonchev–Trinajstić information content (AvgIpc) is 3.80. The molecule has 1 amide bonds. The number of carbonyl (C=O) groups excluding carboxylic acids is 1. The Kier molecular flexibility index (Phi) is 6.77. The number of nitro benzene ring substituents is 1. The van der Waals surface area contributed by atoms with E-state index in [0.717, 1.165) is 27.0 Å². The summed E-state index contributed by atoms with van der Waals surface area (Å²) < 4.78 is 18.5. The third kappa shape index (κ3) is 4.92. The smallest absolute Gasteiger partial charge is 0.272 e. The van der Waals surface area contributed by atoms with E-state index in [9.17, 15) is 19.3 Å². The van der Waals surface area contributed by atoms with Gasteiger partial charge in [0, 0.05) is 28.3 Å². The molecule has 3 aromatic carbocycles. The second-order valence-corrected chi connectivity index (χ2v) is 12.0. The average molecular weight is 608 g/mol. The molecule has 3 aromatic heterocycles. The number of fused-ring (bicyclic) bond motifs is 2. The molecule has 0 aliphatic heterocycles. The monoisotopic (exact) mass is 607 g/mol. The van der Waals surface area contributed by atoms with E-state index in [1.807, 2.05) is 30.7 Å². The summed E-state index contributed by atoms with van der Waals surface area (Å²) in [6.45, 7) is 4.56. The van der Waals surface area contributed by atoms with Gasteiger partial charge >= 0.3 is 0 Å². The van der Waals surface area contributed by atoms with E-state index < -0.39 is 5.82 Å². The third-order valence-corrected chi connectivity index (χ3v) is 9.17. The maximum atomic E-state index is 15.0. The van der Waals surface area contributed by atoms with Gasteiger partial charge in [-0.05, 0) is 62.1 Å². The van der Waals surface area contributed by atoms with E-state index in [2.05, 4.69) is 45.0 Å². The number of nitrogens with one attached hydrogen (secondary N) is 1. The van der Waals surface area contributed by atoms with Crippen molar-refractivity contribution in [3.05, 3.63) is 122 Å². The molecule has 6 aromatic rings. The van der Waals surface area contributed by atoms with E-state index in [-0.39, 0.29) is 28.1 Å². The van der Waals surface area contributed by atoms with Crippen molar-refractivity contribution in [2.24, 2.45) is 0 Å². The van der Waals surface area contributed by atoms with Gasteiger partial charge in [-0.3, -0.25) is 19.6 Å². The highest BCUT2D eigenvalue weighted by molar-refractivity contribution is 7.20. The van der Waals surface area contributed by atoms with Gasteiger partial charge in [0.15, 0.2) is 0 Å². The third-order valence-electron chi connectivity index (χ3n) is 8.02. The molecule has 3 heterocycles. The van der Waals surface area contributed by atoms with Gasteiger partial charge in [-0.15, -0.1) is 16.4 Å². The number of thiophene rings is 1. The summed E-state index contributed by atoms with van der Waals surface area (Å²) in [6.07, 6.45) is 2.81. The Morgan fingerprint density at radius 3 is 2.75 bits per heavy atom. The number of benzene rings is 3. The van der Waals surface area contributed by atoms with E-state index in [1.165, 1.54) is 41.2 Å². The summed E-state index contributed by atoms with van der Waals surface area (Å²) in [7, 11) is 0. The van der Waals surface area contributed by atoms with Gasteiger partial charge in [0.1, 0.15) is 16.3 Å². The molecular weight excluding hydrogens is 581 g/mol. The minimum atomic E-state index is -0.508. The van der Waals surface area contributed by atoms with Crippen molar-refractivity contribution in [3.63, 3.8) is 0 Å². The van der Waals surface area contributed by atoms with Crippen LogP contribution in [0.2, 0.25) is 0 Å². The van der Waals surface area contributed by atoms with Crippen LogP contribution in [-0.2, 0) is 13.0 Å². The number of rotatable bonds is 7. The molecule has 0 saturated heterocycles. The molecule has 10 nitrogen and oxygen atoms in total. The molecule has 12 heteroatoms. The van der Waals surface area contributed by atoms with Gasteiger partial charge in [0.25, 0.3) is 11.6 Å². The largest absolute Gasteiger partial charge is 0.321 e. The normalized spacial score (nSPS) is 14.2. The fourth-order valence-corrected chi connectivity index (χ4v) is 6.86. The van der Waals surface area contributed by atoms with Crippen molar-refractivity contribution in [1.82, 2.24) is 24.8 Å². The number of carbonyl (C=O) groups is 1. The van der Waals surface area contributed by atoms with Crippen molar-refractivity contribution in [1.29, 1.82) is 0 Å². The van der Waals surface area contributed by atoms with Gasteiger partial charge in [0.05, 0.1) is 34.3 Å². The Morgan fingerprint density at radius 2 is 1.95 bits per heavy atom. The summed E-state index contributed by atoms with van der Waals surface area (Å²) >= 11 is 1.36. The van der Waals surface area contributed by atoms with E-state index in [0.29, 0.717) is 41.2 Å². The molecule has 7 rings (SSSR count). The molecule has 0 radical (unpaired) electrons. The standard InChI is InChI=1S/C32H26FN7O3S/c1-18-6-8-20(9-7-18)16-39-32-24(19(2)36-39)15-30(44-32)31(41)34-21-10-12-26(33)25(14-21)27-17-38(37-35-27)28-13-11-23-22(28)4-3-5-29(23)40(42)43/h3-10,12,14-15,17,28H,11,13,16H2,1-2H3,(H,34,41)/t28-/m1/s1. The Labute approximate surface area is 254 Å². The first-order valence-corrected chi connectivity index (χ1v) is 14.9. The van der Waals surface area contributed by atoms with Crippen LogP contribution in [0.5, 0.6) is 0 Å². The van der Waals surface area contributed by atoms with Crippen LogP contribution < -0.4 is 5.32 Å². The van der Waals surface area contributed by atoms with Crippen molar-refractivity contribution in [2.75, 3.05) is 5.32 Å². The van der Waals surface area contributed by atoms with Crippen LogP contribution in [-0.4, -0.2) is 35.6 Å². The van der Waals surface area contributed by atoms with Crippen molar-refractivity contribution >= 4 is 38.8 Å². The number of aryl methyl sites for hydroxylation is 2. The lowest BCUT2D eigenvalue weighted by molar-refractivity contribution is -0.385. The summed E-state index contributed by atoms with van der Waals surface area (Å²) in [6, 6.07) is 19.2. The second kappa shape index (κ2) is 10.8. The molecule has 1 atom stereocenters. The molecule has 1 aliphatic rings. The van der Waals surface area contributed by atoms with E-state index in [1.54, 1.807) is 16.9 Å². The van der Waals surface area contributed by atoms with Crippen molar-refractivity contribution in [3.8, 4) is 11.3 Å². The first kappa shape index (κ1) is 27.6. The number of nitrogens with zero attached hydrogens (tertiary/aromatic N) is 6. The van der Waals surface area contributed by atoms with Crippen molar-refractivity contribution < 1.29 is 14.1 Å². The SMILES string of the molecule is Cc1ccc(Cn2nc(C)c3cc(C(=O)Nc4ccc(F)c(-c5cn([C@@H]6CCc7c6cccc7[N+](=O)[O-])nn5)c4)sc32)cc1. The van der Waals surface area contributed by atoms with Crippen LogP contribution in [0.1, 0.15) is 50.1 Å². The molecule has 1 aliphatic carbocycles. The maximum absolute atomic E-state index is 15.0. The zero-order valence-electron chi connectivity index (χ0n) is 23.8. The number of anilines is 1. The number of amides is 1. The lowest BCUT2D eigenvalue weighted by Crippen LogP contribution is -2.10. The Balaban J connectivity index is 1.12. The minimum Gasteiger partial charge on any atom is -0.321 e. The van der Waals surface area contributed by atoms with Gasteiger partial charge in [0.2, 0.25) is 0 Å². The molecule has 0 spiro atoms. The maximum Gasteiger partial charge on any atom is 0.272 e. The van der Waals surface area contributed by atoms with Crippen molar-refractivity contribution in [2.45, 2.75) is 39.3 Å². The Morgan fingerprint density at radius 1 is 1.14 bits per heavy atom. The number of hydrogen-bond acceptors (Lipinski definition) is 7. The van der Waals surface area contributed by atoms with Crippen LogP contribution >= 0.6 is 11.3 Å². The van der Waals surface area contributed by atoms with Crippen LogP contribution in [0.4, 0.5) is 15.8 Å². The molecule has 0 fully saturated rings. The molecular formula is C32H26FN7O3S. The molecule has 0 saturated carbocycles. The lowest BCUT2D eigenvalue weighted by Gasteiger charge is -2.11. The fraction of sp³-hybridized carbons (Fsp3) is 0.188. The quantitative estimate of drug-likeness (QED) is 0.156. The van der Waals surface area contributed by atoms with Gasteiger partial charge in [-0.2, -0.15) is 5.10 Å². The van der Waals surface area contributed by atoms with Crippen LogP contribution in [0.25, 0.3) is 21.5 Å². The van der Waals surface area contributed by atoms with Crippen LogP contribution in [0.3, 0.4) is 0 Å². The highest BCUT2D eigenvalue weighted by Crippen LogP contribution is 2.39. The van der Waals surface area contributed by atoms with Crippen LogP contribution in [0, 0.1) is 29.8 Å². The summed E-state index contributed by atoms with van der Waals surface area (Å²) in [5, 5.41) is 28.4. The molecule has 0 bridgehead atoms. The summed E-state index contributed by atoms with van der Waals surface area (Å²) in [5.74, 6) is -0.816. The topological polar surface area (TPSA) is 121 Å². The number of hydrogen-bond donors (Lipinski definition) is 1. The van der Waals surface area contributed by atoms with Gasteiger partial charge in [-0.25, -0.2) is 9.07 Å². The summed E-state index contributed by atoms with van der Waals surface area (Å²) in [4.78, 5) is 25.8. The molecule has 220 valence electrons. The number of halogens is 1. The van der Waals surface area contributed by atoms with Gasteiger partial charge in [-0.1, -0.05) is 47.2 Å². The predicted molar refractivity (Wildman–Crippen MR) is 166 cm³/mol. The fourth-order valence-electron chi connectivity index (χ4n) is 5.80. The second-order valence-electron chi connectivity index (χ2n) is 10.9.